The molecule has 0 bridgehead atoms. The maximum Gasteiger partial charge on any atom is 0.0561 e. The third-order valence-corrected chi connectivity index (χ3v) is 3.88. The molecule has 0 saturated heterocycles. The molecule has 1 aromatic rings. The van der Waals surface area contributed by atoms with Gasteiger partial charge in [-0.2, -0.15) is 0 Å². The van der Waals surface area contributed by atoms with Gasteiger partial charge in [-0.25, -0.2) is 0 Å². The van der Waals surface area contributed by atoms with E-state index in [9.17, 15) is 0 Å². The fourth-order valence-electron chi connectivity index (χ4n) is 1.73. The molecule has 1 N–H and O–H groups in total. The maximum absolute atomic E-state index is 5.09. The summed E-state index contributed by atoms with van der Waals surface area (Å²) in [6, 6.07) is 5.28. The first-order valence-corrected chi connectivity index (χ1v) is 6.95. The first-order valence-electron chi connectivity index (χ1n) is 6.07. The van der Waals surface area contributed by atoms with Crippen molar-refractivity contribution >= 4 is 11.3 Å². The molecule has 2 unspecified atom stereocenters. The van der Waals surface area contributed by atoms with E-state index in [1.165, 1.54) is 4.88 Å². The smallest absolute Gasteiger partial charge is 0.0561 e. The zero-order valence-electron chi connectivity index (χ0n) is 11.3. The van der Waals surface area contributed by atoms with Crippen LogP contribution in [-0.2, 0) is 4.74 Å². The van der Waals surface area contributed by atoms with Crippen molar-refractivity contribution in [2.24, 2.45) is 0 Å². The van der Waals surface area contributed by atoms with E-state index in [1.807, 2.05) is 11.3 Å². The highest BCUT2D eigenvalue weighted by Crippen LogP contribution is 2.22. The van der Waals surface area contributed by atoms with Gasteiger partial charge < -0.3 is 15.0 Å². The molecule has 1 rings (SSSR count). The highest BCUT2D eigenvalue weighted by atomic mass is 32.1. The van der Waals surface area contributed by atoms with Crippen molar-refractivity contribution in [3.8, 4) is 0 Å². The summed E-state index contributed by atoms with van der Waals surface area (Å²) in [5.41, 5.74) is 0. The second-order valence-electron chi connectivity index (χ2n) is 4.59. The maximum atomic E-state index is 5.09. The monoisotopic (exact) mass is 256 g/mol. The van der Waals surface area contributed by atoms with Crippen molar-refractivity contribution in [2.45, 2.75) is 25.4 Å². The Labute approximate surface area is 109 Å². The SMILES string of the molecule is COCCC(C)NCC(c1cccs1)N(C)C. The summed E-state index contributed by atoms with van der Waals surface area (Å²) in [4.78, 5) is 3.68. The van der Waals surface area contributed by atoms with Gasteiger partial charge in [0.2, 0.25) is 0 Å². The molecule has 0 aromatic carbocycles. The van der Waals surface area contributed by atoms with Gasteiger partial charge in [-0.05, 0) is 38.9 Å². The fourth-order valence-corrected chi connectivity index (χ4v) is 2.65. The lowest BCUT2D eigenvalue weighted by atomic mass is 10.2. The van der Waals surface area contributed by atoms with Crippen molar-refractivity contribution in [1.82, 2.24) is 10.2 Å². The molecule has 0 amide bonds. The average molecular weight is 256 g/mol. The first-order chi connectivity index (χ1) is 8.15. The molecule has 0 spiro atoms. The number of ether oxygens (including phenoxy) is 1. The Morgan fingerprint density at radius 1 is 1.47 bits per heavy atom. The van der Waals surface area contributed by atoms with Gasteiger partial charge in [-0.15, -0.1) is 11.3 Å². The van der Waals surface area contributed by atoms with Crippen LogP contribution in [0.2, 0.25) is 0 Å². The number of likely N-dealkylation sites (N-methyl/N-ethyl adjacent to an activating group) is 1. The first kappa shape index (κ1) is 14.6. The van der Waals surface area contributed by atoms with E-state index in [2.05, 4.69) is 48.7 Å². The second kappa shape index (κ2) is 7.82. The minimum Gasteiger partial charge on any atom is -0.385 e. The molecule has 0 aliphatic rings. The summed E-state index contributed by atoms with van der Waals surface area (Å²) in [5, 5.41) is 5.71. The van der Waals surface area contributed by atoms with Gasteiger partial charge in [0.15, 0.2) is 0 Å². The van der Waals surface area contributed by atoms with Gasteiger partial charge in [0.25, 0.3) is 0 Å². The van der Waals surface area contributed by atoms with E-state index in [0.29, 0.717) is 12.1 Å². The van der Waals surface area contributed by atoms with Crippen LogP contribution in [0.1, 0.15) is 24.3 Å². The lowest BCUT2D eigenvalue weighted by molar-refractivity contribution is 0.182. The second-order valence-corrected chi connectivity index (χ2v) is 5.56. The average Bonchev–Trinajstić information content (AvgIpc) is 2.79. The van der Waals surface area contributed by atoms with Gasteiger partial charge in [-0.3, -0.25) is 0 Å². The molecule has 1 aromatic heterocycles. The Hall–Kier alpha value is -0.420. The normalized spacial score (nSPS) is 15.1. The minimum atomic E-state index is 0.458. The van der Waals surface area contributed by atoms with Crippen molar-refractivity contribution in [2.75, 3.05) is 34.4 Å². The zero-order chi connectivity index (χ0) is 12.7. The summed E-state index contributed by atoms with van der Waals surface area (Å²) in [7, 11) is 6.01. The van der Waals surface area contributed by atoms with E-state index in [1.54, 1.807) is 7.11 Å². The summed E-state index contributed by atoms with van der Waals surface area (Å²) in [6.45, 7) is 4.01. The molecule has 0 aliphatic heterocycles. The predicted octanol–water partition coefficient (Wildman–Crippen LogP) is 2.37. The molecule has 0 fully saturated rings. The Bertz CT molecular complexity index is 288. The van der Waals surface area contributed by atoms with E-state index in [0.717, 1.165) is 19.6 Å². The molecular weight excluding hydrogens is 232 g/mol. The number of rotatable bonds is 8. The molecule has 4 heteroatoms. The van der Waals surface area contributed by atoms with Crippen LogP contribution in [0, 0.1) is 0 Å². The molecule has 1 heterocycles. The summed E-state index contributed by atoms with van der Waals surface area (Å²) in [5.74, 6) is 0. The van der Waals surface area contributed by atoms with Crippen molar-refractivity contribution < 1.29 is 4.74 Å². The van der Waals surface area contributed by atoms with Crippen LogP contribution in [-0.4, -0.2) is 45.3 Å². The van der Waals surface area contributed by atoms with Crippen LogP contribution >= 0.6 is 11.3 Å². The van der Waals surface area contributed by atoms with Crippen molar-refractivity contribution in [3.05, 3.63) is 22.4 Å². The summed E-state index contributed by atoms with van der Waals surface area (Å²) in [6.07, 6.45) is 1.06. The molecule has 0 saturated carbocycles. The Morgan fingerprint density at radius 2 is 2.24 bits per heavy atom. The topological polar surface area (TPSA) is 24.5 Å². The van der Waals surface area contributed by atoms with Gasteiger partial charge >= 0.3 is 0 Å². The molecule has 2 atom stereocenters. The van der Waals surface area contributed by atoms with Crippen molar-refractivity contribution in [3.63, 3.8) is 0 Å². The van der Waals surface area contributed by atoms with E-state index in [4.69, 9.17) is 4.74 Å². The zero-order valence-corrected chi connectivity index (χ0v) is 12.1. The third kappa shape index (κ3) is 5.17. The van der Waals surface area contributed by atoms with E-state index < -0.39 is 0 Å². The van der Waals surface area contributed by atoms with Crippen molar-refractivity contribution in [1.29, 1.82) is 0 Å². The molecule has 3 nitrogen and oxygen atoms in total. The highest BCUT2D eigenvalue weighted by Gasteiger charge is 2.15. The number of thiophene rings is 1. The van der Waals surface area contributed by atoms with Gasteiger partial charge in [0, 0.05) is 31.2 Å². The number of methoxy groups -OCH3 is 1. The number of hydrogen-bond acceptors (Lipinski definition) is 4. The molecular formula is C13H24N2OS. The van der Waals surface area contributed by atoms with Crippen LogP contribution < -0.4 is 5.32 Å². The molecule has 17 heavy (non-hydrogen) atoms. The largest absolute Gasteiger partial charge is 0.385 e. The number of hydrogen-bond donors (Lipinski definition) is 1. The Kier molecular flexibility index (Phi) is 6.73. The molecule has 98 valence electrons. The predicted molar refractivity (Wildman–Crippen MR) is 74.7 cm³/mol. The van der Waals surface area contributed by atoms with Crippen LogP contribution in [0.3, 0.4) is 0 Å². The third-order valence-electron chi connectivity index (χ3n) is 2.91. The van der Waals surface area contributed by atoms with Gasteiger partial charge in [-0.1, -0.05) is 6.07 Å². The lowest BCUT2D eigenvalue weighted by Crippen LogP contribution is -2.35. The van der Waals surface area contributed by atoms with Crippen LogP contribution in [0.15, 0.2) is 17.5 Å². The quantitative estimate of drug-likeness (QED) is 0.773. The lowest BCUT2D eigenvalue weighted by Gasteiger charge is -2.25. The van der Waals surface area contributed by atoms with E-state index in [-0.39, 0.29) is 0 Å². The number of nitrogens with one attached hydrogen (secondary N) is 1. The summed E-state index contributed by atoms with van der Waals surface area (Å²) >= 11 is 1.82. The summed E-state index contributed by atoms with van der Waals surface area (Å²) < 4.78 is 5.09. The molecule has 0 radical (unpaired) electrons. The van der Waals surface area contributed by atoms with Crippen LogP contribution in [0.5, 0.6) is 0 Å². The Morgan fingerprint density at radius 3 is 2.76 bits per heavy atom. The Balaban J connectivity index is 2.40. The van der Waals surface area contributed by atoms with Crippen LogP contribution in [0.25, 0.3) is 0 Å². The van der Waals surface area contributed by atoms with Gasteiger partial charge in [0.1, 0.15) is 0 Å². The van der Waals surface area contributed by atoms with E-state index >= 15 is 0 Å². The number of nitrogens with zero attached hydrogens (tertiary/aromatic N) is 1. The van der Waals surface area contributed by atoms with Crippen LogP contribution in [0.4, 0.5) is 0 Å². The minimum absolute atomic E-state index is 0.458. The van der Waals surface area contributed by atoms with Gasteiger partial charge in [0.05, 0.1) is 6.04 Å². The molecule has 0 aliphatic carbocycles. The fraction of sp³-hybridized carbons (Fsp3) is 0.692. The highest BCUT2D eigenvalue weighted by molar-refractivity contribution is 7.10. The standard InChI is InChI=1S/C13H24N2OS/c1-11(7-8-16-4)14-10-12(15(2)3)13-6-5-9-17-13/h5-6,9,11-12,14H,7-8,10H2,1-4H3.